The number of benzene rings is 2. The molecular formula is C16H14F2N4OS. The van der Waals surface area contributed by atoms with Gasteiger partial charge in [-0.1, -0.05) is 36.0 Å². The Hall–Kier alpha value is -2.61. The number of hydrogen-bond acceptors (Lipinski definition) is 5. The number of nitrogens with two attached hydrogens (primary N) is 1. The van der Waals surface area contributed by atoms with Crippen LogP contribution in [0.5, 0.6) is 5.75 Å². The lowest BCUT2D eigenvalue weighted by Gasteiger charge is -2.08. The molecule has 1 aromatic heterocycles. The standard InChI is InChI=1S/C16H14F2N4OS/c1-23-13-8-3-2-6-11(13)15-20-21-16(22(15)19)24-9-10-5-4-7-12(17)14(10)18/h2-8H,9,19H2,1H3. The minimum atomic E-state index is -0.878. The fourth-order valence-electron chi connectivity index (χ4n) is 2.19. The summed E-state index contributed by atoms with van der Waals surface area (Å²) >= 11 is 1.17. The lowest BCUT2D eigenvalue weighted by Crippen LogP contribution is -2.12. The molecule has 0 unspecified atom stereocenters. The number of nitrogens with zero attached hydrogens (tertiary/aromatic N) is 3. The molecule has 0 saturated heterocycles. The summed E-state index contributed by atoms with van der Waals surface area (Å²) in [5.41, 5.74) is 0.931. The number of hydrogen-bond donors (Lipinski definition) is 1. The van der Waals surface area contributed by atoms with E-state index in [1.165, 1.54) is 28.6 Å². The van der Waals surface area contributed by atoms with Crippen molar-refractivity contribution in [2.24, 2.45) is 0 Å². The molecule has 3 aromatic rings. The van der Waals surface area contributed by atoms with Gasteiger partial charge in [-0.05, 0) is 18.2 Å². The van der Waals surface area contributed by atoms with E-state index in [-0.39, 0.29) is 11.3 Å². The van der Waals surface area contributed by atoms with Crippen LogP contribution in [0.4, 0.5) is 8.78 Å². The Balaban J connectivity index is 1.84. The van der Waals surface area contributed by atoms with E-state index < -0.39 is 11.6 Å². The highest BCUT2D eigenvalue weighted by Gasteiger charge is 2.16. The molecule has 0 atom stereocenters. The number of para-hydroxylation sites is 1. The van der Waals surface area contributed by atoms with Gasteiger partial charge in [0.05, 0.1) is 12.7 Å². The van der Waals surface area contributed by atoms with Crippen molar-refractivity contribution in [2.45, 2.75) is 10.9 Å². The molecule has 124 valence electrons. The van der Waals surface area contributed by atoms with Crippen molar-refractivity contribution in [3.05, 3.63) is 59.7 Å². The Morgan fingerprint density at radius 3 is 2.71 bits per heavy atom. The van der Waals surface area contributed by atoms with E-state index in [4.69, 9.17) is 10.6 Å². The smallest absolute Gasteiger partial charge is 0.210 e. The van der Waals surface area contributed by atoms with Crippen LogP contribution >= 0.6 is 11.8 Å². The Kier molecular flexibility index (Phi) is 4.66. The van der Waals surface area contributed by atoms with Crippen molar-refractivity contribution >= 4 is 11.8 Å². The largest absolute Gasteiger partial charge is 0.496 e. The van der Waals surface area contributed by atoms with Gasteiger partial charge in [0, 0.05) is 11.3 Å². The fraction of sp³-hybridized carbons (Fsp3) is 0.125. The van der Waals surface area contributed by atoms with Crippen LogP contribution in [0.3, 0.4) is 0 Å². The lowest BCUT2D eigenvalue weighted by atomic mass is 10.2. The topological polar surface area (TPSA) is 66.0 Å². The second-order valence-electron chi connectivity index (χ2n) is 4.88. The molecule has 0 fully saturated rings. The fourth-order valence-corrected chi connectivity index (χ4v) is 3.02. The monoisotopic (exact) mass is 348 g/mol. The quantitative estimate of drug-likeness (QED) is 0.566. The number of nitrogen functional groups attached to an aromatic ring is 1. The number of ether oxygens (including phenoxy) is 1. The van der Waals surface area contributed by atoms with Crippen LogP contribution in [0.2, 0.25) is 0 Å². The van der Waals surface area contributed by atoms with Gasteiger partial charge >= 0.3 is 0 Å². The van der Waals surface area contributed by atoms with Crippen molar-refractivity contribution < 1.29 is 13.5 Å². The maximum Gasteiger partial charge on any atom is 0.210 e. The van der Waals surface area contributed by atoms with Crippen LogP contribution < -0.4 is 10.6 Å². The predicted octanol–water partition coefficient (Wildman–Crippen LogP) is 3.24. The van der Waals surface area contributed by atoms with Gasteiger partial charge in [0.15, 0.2) is 17.5 Å². The molecule has 0 bridgehead atoms. The molecule has 0 aliphatic rings. The van der Waals surface area contributed by atoms with Crippen molar-refractivity contribution in [3.63, 3.8) is 0 Å². The van der Waals surface area contributed by atoms with Crippen molar-refractivity contribution in [1.29, 1.82) is 0 Å². The molecular weight excluding hydrogens is 334 g/mol. The Bertz CT molecular complexity index is 869. The summed E-state index contributed by atoms with van der Waals surface area (Å²) in [6.07, 6.45) is 0. The molecule has 0 spiro atoms. The molecule has 5 nitrogen and oxygen atoms in total. The first-order valence-electron chi connectivity index (χ1n) is 7.01. The van der Waals surface area contributed by atoms with E-state index in [1.54, 1.807) is 13.2 Å². The lowest BCUT2D eigenvalue weighted by molar-refractivity contribution is 0.416. The minimum absolute atomic E-state index is 0.185. The Morgan fingerprint density at radius 2 is 1.92 bits per heavy atom. The molecule has 8 heteroatoms. The second kappa shape index (κ2) is 6.88. The van der Waals surface area contributed by atoms with Gasteiger partial charge in [0.2, 0.25) is 5.16 Å². The summed E-state index contributed by atoms with van der Waals surface area (Å²) < 4.78 is 33.5. The van der Waals surface area contributed by atoms with Gasteiger partial charge in [-0.25, -0.2) is 13.5 Å². The van der Waals surface area contributed by atoms with E-state index in [1.807, 2.05) is 18.2 Å². The van der Waals surface area contributed by atoms with Gasteiger partial charge in [-0.3, -0.25) is 0 Å². The van der Waals surface area contributed by atoms with Crippen LogP contribution in [0.1, 0.15) is 5.56 Å². The van der Waals surface area contributed by atoms with Crippen LogP contribution in [0.15, 0.2) is 47.6 Å². The number of halogens is 2. The first kappa shape index (κ1) is 16.3. The summed E-state index contributed by atoms with van der Waals surface area (Å²) in [5, 5.41) is 8.47. The maximum atomic E-state index is 13.7. The third-order valence-corrected chi connectivity index (χ3v) is 4.39. The molecule has 2 N–H and O–H groups in total. The SMILES string of the molecule is COc1ccccc1-c1nnc(SCc2cccc(F)c2F)n1N. The zero-order valence-corrected chi connectivity index (χ0v) is 13.6. The second-order valence-corrected chi connectivity index (χ2v) is 5.82. The molecule has 24 heavy (non-hydrogen) atoms. The molecule has 2 aromatic carbocycles. The van der Waals surface area contributed by atoms with Crippen LogP contribution in [0, 0.1) is 11.6 Å². The zero-order chi connectivity index (χ0) is 17.1. The third-order valence-electron chi connectivity index (χ3n) is 3.40. The first-order chi connectivity index (χ1) is 11.6. The van der Waals surface area contributed by atoms with Crippen LogP contribution in [-0.4, -0.2) is 22.0 Å². The van der Waals surface area contributed by atoms with Gasteiger partial charge in [0.1, 0.15) is 5.75 Å². The third kappa shape index (κ3) is 3.05. The highest BCUT2D eigenvalue weighted by molar-refractivity contribution is 7.98. The van der Waals surface area contributed by atoms with E-state index in [9.17, 15) is 8.78 Å². The highest BCUT2D eigenvalue weighted by atomic mass is 32.2. The van der Waals surface area contributed by atoms with E-state index in [0.29, 0.717) is 22.3 Å². The van der Waals surface area contributed by atoms with Gasteiger partial charge in [0.25, 0.3) is 0 Å². The highest BCUT2D eigenvalue weighted by Crippen LogP contribution is 2.30. The van der Waals surface area contributed by atoms with E-state index in [2.05, 4.69) is 10.2 Å². The summed E-state index contributed by atoms with van der Waals surface area (Å²) in [6.45, 7) is 0. The molecule has 0 radical (unpaired) electrons. The van der Waals surface area contributed by atoms with Gasteiger partial charge in [-0.15, -0.1) is 10.2 Å². The summed E-state index contributed by atoms with van der Waals surface area (Å²) in [4.78, 5) is 0. The summed E-state index contributed by atoms with van der Waals surface area (Å²) in [5.74, 6) is 5.52. The first-order valence-corrected chi connectivity index (χ1v) is 8.00. The summed E-state index contributed by atoms with van der Waals surface area (Å²) in [6, 6.07) is 11.3. The van der Waals surface area contributed by atoms with Gasteiger partial charge < -0.3 is 10.6 Å². The van der Waals surface area contributed by atoms with Crippen LogP contribution in [0.25, 0.3) is 11.4 Å². The number of thioether (sulfide) groups is 1. The number of methoxy groups -OCH3 is 1. The van der Waals surface area contributed by atoms with Crippen molar-refractivity contribution in [3.8, 4) is 17.1 Å². The minimum Gasteiger partial charge on any atom is -0.496 e. The molecule has 3 rings (SSSR count). The summed E-state index contributed by atoms with van der Waals surface area (Å²) in [7, 11) is 1.55. The zero-order valence-electron chi connectivity index (χ0n) is 12.7. The predicted molar refractivity (Wildman–Crippen MR) is 88.1 cm³/mol. The average Bonchev–Trinajstić information content (AvgIpc) is 2.97. The maximum absolute atomic E-state index is 13.7. The van der Waals surface area contributed by atoms with Crippen molar-refractivity contribution in [2.75, 3.05) is 13.0 Å². The average molecular weight is 348 g/mol. The normalized spacial score (nSPS) is 10.8. The van der Waals surface area contributed by atoms with Crippen LogP contribution in [-0.2, 0) is 5.75 Å². The number of aromatic nitrogens is 3. The molecule has 0 aliphatic carbocycles. The van der Waals surface area contributed by atoms with E-state index >= 15 is 0 Å². The molecule has 0 aliphatic heterocycles. The number of rotatable bonds is 5. The molecule has 1 heterocycles. The molecule has 0 amide bonds. The van der Waals surface area contributed by atoms with Crippen molar-refractivity contribution in [1.82, 2.24) is 14.9 Å². The Labute approximate surface area is 141 Å². The van der Waals surface area contributed by atoms with Gasteiger partial charge in [-0.2, -0.15) is 0 Å². The molecule has 0 saturated carbocycles. The Morgan fingerprint density at radius 1 is 1.12 bits per heavy atom. The van der Waals surface area contributed by atoms with E-state index in [0.717, 1.165) is 6.07 Å².